The molecule has 86 valence electrons. The number of ketones is 1. The van der Waals surface area contributed by atoms with Crippen LogP contribution in [0.5, 0.6) is 0 Å². The molecule has 2 atom stereocenters. The van der Waals surface area contributed by atoms with Crippen LogP contribution in [0.1, 0.15) is 23.7 Å². The Morgan fingerprint density at radius 2 is 2.19 bits per heavy atom. The van der Waals surface area contributed by atoms with Gasteiger partial charge in [-0.25, -0.2) is 8.78 Å². The van der Waals surface area contributed by atoms with Crippen molar-refractivity contribution in [3.05, 3.63) is 35.4 Å². The van der Waals surface area contributed by atoms with Gasteiger partial charge < -0.3 is 5.32 Å². The molecule has 2 unspecified atom stereocenters. The van der Waals surface area contributed by atoms with Gasteiger partial charge >= 0.3 is 0 Å². The largest absolute Gasteiger partial charge is 0.313 e. The highest BCUT2D eigenvalue weighted by atomic mass is 19.2. The quantitative estimate of drug-likeness (QED) is 0.781. The van der Waals surface area contributed by atoms with E-state index in [-0.39, 0.29) is 23.3 Å². The highest BCUT2D eigenvalue weighted by Gasteiger charge is 2.31. The predicted octanol–water partition coefficient (Wildman–Crippen LogP) is 2.15. The second kappa shape index (κ2) is 4.29. The van der Waals surface area contributed by atoms with Crippen LogP contribution >= 0.6 is 0 Å². The minimum Gasteiger partial charge on any atom is -0.313 e. The molecule has 2 rings (SSSR count). The Labute approximate surface area is 92.7 Å². The molecule has 0 radical (unpaired) electrons. The maximum atomic E-state index is 13.4. The lowest BCUT2D eigenvalue weighted by Gasteiger charge is -2.14. The molecule has 1 fully saturated rings. The fraction of sp³-hybridized carbons (Fsp3) is 0.417. The van der Waals surface area contributed by atoms with E-state index in [1.165, 1.54) is 12.1 Å². The third-order valence-electron chi connectivity index (χ3n) is 3.08. The van der Waals surface area contributed by atoms with Gasteiger partial charge in [0.25, 0.3) is 0 Å². The van der Waals surface area contributed by atoms with Crippen LogP contribution in [-0.4, -0.2) is 18.4 Å². The minimum atomic E-state index is -1.04. The van der Waals surface area contributed by atoms with Crippen molar-refractivity contribution in [2.75, 3.05) is 6.54 Å². The second-order valence-corrected chi connectivity index (χ2v) is 4.10. The van der Waals surface area contributed by atoms with Crippen LogP contribution in [0, 0.1) is 17.6 Å². The Balaban J connectivity index is 2.30. The third kappa shape index (κ3) is 1.85. The van der Waals surface area contributed by atoms with E-state index in [1.807, 2.05) is 6.92 Å². The van der Waals surface area contributed by atoms with E-state index in [1.54, 1.807) is 0 Å². The average molecular weight is 225 g/mol. The molecule has 0 saturated carbocycles. The van der Waals surface area contributed by atoms with Gasteiger partial charge in [-0.15, -0.1) is 0 Å². The number of benzene rings is 1. The van der Waals surface area contributed by atoms with Crippen LogP contribution in [0.3, 0.4) is 0 Å². The molecule has 0 aromatic heterocycles. The number of nitrogens with one attached hydrogen (secondary N) is 1. The van der Waals surface area contributed by atoms with Gasteiger partial charge in [0.15, 0.2) is 17.4 Å². The Kier molecular flexibility index (Phi) is 3.01. The summed E-state index contributed by atoms with van der Waals surface area (Å²) in [6, 6.07) is 3.74. The zero-order valence-corrected chi connectivity index (χ0v) is 8.97. The first kappa shape index (κ1) is 11.2. The highest BCUT2D eigenvalue weighted by molar-refractivity contribution is 5.98. The fourth-order valence-corrected chi connectivity index (χ4v) is 2.11. The van der Waals surface area contributed by atoms with Crippen molar-refractivity contribution < 1.29 is 13.6 Å². The van der Waals surface area contributed by atoms with Crippen molar-refractivity contribution in [3.63, 3.8) is 0 Å². The number of rotatable bonds is 2. The van der Waals surface area contributed by atoms with E-state index in [2.05, 4.69) is 5.32 Å². The summed E-state index contributed by atoms with van der Waals surface area (Å²) in [4.78, 5) is 12.0. The number of Topliss-reactive ketones (excluding diaryl/α,β-unsaturated/α-hetero) is 1. The molecule has 1 aliphatic rings. The maximum Gasteiger partial charge on any atom is 0.170 e. The van der Waals surface area contributed by atoms with Gasteiger partial charge in [-0.05, 0) is 32.0 Å². The van der Waals surface area contributed by atoms with Gasteiger partial charge in [-0.1, -0.05) is 6.07 Å². The summed E-state index contributed by atoms with van der Waals surface area (Å²) >= 11 is 0. The number of halogens is 2. The molecular formula is C12H13F2NO. The van der Waals surface area contributed by atoms with Gasteiger partial charge in [0.1, 0.15) is 0 Å². The highest BCUT2D eigenvalue weighted by Crippen LogP contribution is 2.23. The summed E-state index contributed by atoms with van der Waals surface area (Å²) in [6.45, 7) is 2.63. The molecule has 1 saturated heterocycles. The average Bonchev–Trinajstić information content (AvgIpc) is 2.68. The van der Waals surface area contributed by atoms with E-state index in [0.29, 0.717) is 6.42 Å². The predicted molar refractivity (Wildman–Crippen MR) is 56.3 cm³/mol. The molecule has 16 heavy (non-hydrogen) atoms. The topological polar surface area (TPSA) is 29.1 Å². The van der Waals surface area contributed by atoms with Crippen molar-refractivity contribution in [1.82, 2.24) is 5.32 Å². The normalized spacial score (nSPS) is 24.7. The van der Waals surface area contributed by atoms with Crippen LogP contribution in [0.4, 0.5) is 8.78 Å². The monoisotopic (exact) mass is 225 g/mol. The Morgan fingerprint density at radius 1 is 1.44 bits per heavy atom. The summed E-state index contributed by atoms with van der Waals surface area (Å²) in [5.74, 6) is -2.57. The van der Waals surface area contributed by atoms with Gasteiger partial charge in [-0.3, -0.25) is 4.79 Å². The summed E-state index contributed by atoms with van der Waals surface area (Å²) in [7, 11) is 0. The van der Waals surface area contributed by atoms with Gasteiger partial charge in [0.05, 0.1) is 5.56 Å². The molecule has 1 aromatic rings. The summed E-state index contributed by atoms with van der Waals surface area (Å²) in [5, 5.41) is 3.12. The Morgan fingerprint density at radius 3 is 2.81 bits per heavy atom. The molecule has 2 nitrogen and oxygen atoms in total. The van der Waals surface area contributed by atoms with Crippen LogP contribution in [0.25, 0.3) is 0 Å². The first-order chi connectivity index (χ1) is 7.61. The molecule has 0 amide bonds. The Bertz CT molecular complexity index is 419. The number of hydrogen-bond donors (Lipinski definition) is 1. The van der Waals surface area contributed by atoms with E-state index in [0.717, 1.165) is 12.6 Å². The number of carbonyl (C=O) groups excluding carboxylic acids is 1. The fourth-order valence-electron chi connectivity index (χ4n) is 2.11. The smallest absolute Gasteiger partial charge is 0.170 e. The molecule has 1 heterocycles. The SMILES string of the molecule is CC1NCCC1C(=O)c1cccc(F)c1F. The van der Waals surface area contributed by atoms with Crippen LogP contribution in [-0.2, 0) is 0 Å². The van der Waals surface area contributed by atoms with Crippen molar-refractivity contribution in [3.8, 4) is 0 Å². The summed E-state index contributed by atoms with van der Waals surface area (Å²) < 4.78 is 26.4. The molecule has 0 aliphatic carbocycles. The zero-order valence-electron chi connectivity index (χ0n) is 8.97. The van der Waals surface area contributed by atoms with E-state index < -0.39 is 11.6 Å². The third-order valence-corrected chi connectivity index (χ3v) is 3.08. The van der Waals surface area contributed by atoms with E-state index in [9.17, 15) is 13.6 Å². The van der Waals surface area contributed by atoms with E-state index in [4.69, 9.17) is 0 Å². The van der Waals surface area contributed by atoms with Crippen molar-refractivity contribution in [2.45, 2.75) is 19.4 Å². The number of hydrogen-bond acceptors (Lipinski definition) is 2. The molecule has 0 spiro atoms. The standard InChI is InChI=1S/C12H13F2NO/c1-7-8(5-6-15-7)12(16)9-3-2-4-10(13)11(9)14/h2-4,7-8,15H,5-6H2,1H3. The lowest BCUT2D eigenvalue weighted by Crippen LogP contribution is -2.28. The van der Waals surface area contributed by atoms with Crippen molar-refractivity contribution >= 4 is 5.78 Å². The zero-order chi connectivity index (χ0) is 11.7. The first-order valence-corrected chi connectivity index (χ1v) is 5.33. The summed E-state index contributed by atoms with van der Waals surface area (Å²) in [5.41, 5.74) is -0.138. The first-order valence-electron chi connectivity index (χ1n) is 5.33. The lowest BCUT2D eigenvalue weighted by atomic mass is 9.92. The van der Waals surface area contributed by atoms with Gasteiger partial charge in [0, 0.05) is 12.0 Å². The van der Waals surface area contributed by atoms with Gasteiger partial charge in [0.2, 0.25) is 0 Å². The molecule has 0 bridgehead atoms. The molecule has 4 heteroatoms. The molecular weight excluding hydrogens is 212 g/mol. The lowest BCUT2D eigenvalue weighted by molar-refractivity contribution is 0.0909. The molecule has 1 N–H and O–H groups in total. The Hall–Kier alpha value is -1.29. The molecule has 1 aromatic carbocycles. The van der Waals surface area contributed by atoms with Crippen molar-refractivity contribution in [1.29, 1.82) is 0 Å². The minimum absolute atomic E-state index is 0.0233. The molecule has 1 aliphatic heterocycles. The van der Waals surface area contributed by atoms with Crippen molar-refractivity contribution in [2.24, 2.45) is 5.92 Å². The van der Waals surface area contributed by atoms with E-state index >= 15 is 0 Å². The maximum absolute atomic E-state index is 13.4. The number of carbonyl (C=O) groups is 1. The second-order valence-electron chi connectivity index (χ2n) is 4.10. The van der Waals surface area contributed by atoms with Crippen LogP contribution < -0.4 is 5.32 Å². The van der Waals surface area contributed by atoms with Crippen LogP contribution in [0.2, 0.25) is 0 Å². The van der Waals surface area contributed by atoms with Crippen LogP contribution in [0.15, 0.2) is 18.2 Å². The summed E-state index contributed by atoms with van der Waals surface area (Å²) in [6.07, 6.45) is 0.677. The van der Waals surface area contributed by atoms with Gasteiger partial charge in [-0.2, -0.15) is 0 Å².